The smallest absolute Gasteiger partial charge is 0.322 e. The van der Waals surface area contributed by atoms with Crippen LogP contribution in [0.15, 0.2) is 79.6 Å². The number of thiophene rings is 1. The Balaban J connectivity index is 1.52. The molecule has 0 saturated heterocycles. The minimum atomic E-state index is -3.71. The fourth-order valence-corrected chi connectivity index (χ4v) is 4.69. The first kappa shape index (κ1) is 19.6. The fourth-order valence-electron chi connectivity index (χ4n) is 2.65. The summed E-state index contributed by atoms with van der Waals surface area (Å²) in [5.74, 6) is -0.875. The third-order valence-corrected chi connectivity index (χ3v) is 6.75. The number of amides is 1. The summed E-state index contributed by atoms with van der Waals surface area (Å²) in [4.78, 5) is 26.2. The van der Waals surface area contributed by atoms with Crippen molar-refractivity contribution in [1.29, 1.82) is 0 Å². The minimum absolute atomic E-state index is 0.181. The molecule has 9 nitrogen and oxygen atoms in total. The summed E-state index contributed by atoms with van der Waals surface area (Å²) in [5, 5.41) is 8.01. The Kier molecular flexibility index (Phi) is 5.21. The number of aromatic amines is 1. The van der Waals surface area contributed by atoms with E-state index in [9.17, 15) is 18.0 Å². The molecule has 0 atom stereocenters. The Morgan fingerprint density at radius 1 is 1.03 bits per heavy atom. The van der Waals surface area contributed by atoms with Gasteiger partial charge in [-0.3, -0.25) is 19.0 Å². The van der Waals surface area contributed by atoms with Crippen LogP contribution in [0.25, 0.3) is 11.4 Å². The molecule has 2 heterocycles. The average Bonchev–Trinajstić information content (AvgIpc) is 3.40. The quantitative estimate of drug-likeness (QED) is 0.420. The molecule has 2 aromatic carbocycles. The third-order valence-electron chi connectivity index (χ3n) is 3.97. The van der Waals surface area contributed by atoms with E-state index in [1.165, 1.54) is 12.1 Å². The summed E-state index contributed by atoms with van der Waals surface area (Å²) in [7, 11) is -3.71. The monoisotopic (exact) mass is 442 g/mol. The zero-order valence-corrected chi connectivity index (χ0v) is 16.8. The molecule has 0 radical (unpaired) electrons. The molecule has 0 bridgehead atoms. The van der Waals surface area contributed by atoms with Gasteiger partial charge in [-0.2, -0.15) is 0 Å². The van der Waals surface area contributed by atoms with E-state index >= 15 is 0 Å². The van der Waals surface area contributed by atoms with Gasteiger partial charge in [0.2, 0.25) is 0 Å². The molecule has 0 unspecified atom stereocenters. The largest absolute Gasteiger partial charge is 0.439 e. The van der Waals surface area contributed by atoms with E-state index in [-0.39, 0.29) is 21.3 Å². The lowest BCUT2D eigenvalue weighted by molar-refractivity contribution is 0.102. The second-order valence-electron chi connectivity index (χ2n) is 6.10. The van der Waals surface area contributed by atoms with Crippen LogP contribution in [0.1, 0.15) is 10.4 Å². The SMILES string of the molecule is O=C(Nc1cccc(-c2noc(=O)[nH]2)c1)c1cccc(NS(=O)(=O)c2cccs2)c1. The van der Waals surface area contributed by atoms with Crippen molar-refractivity contribution in [1.82, 2.24) is 10.1 Å². The van der Waals surface area contributed by atoms with Gasteiger partial charge in [0.25, 0.3) is 15.9 Å². The van der Waals surface area contributed by atoms with Crippen molar-refractivity contribution in [2.75, 3.05) is 10.0 Å². The lowest BCUT2D eigenvalue weighted by Gasteiger charge is -2.09. The third kappa shape index (κ3) is 4.31. The summed E-state index contributed by atoms with van der Waals surface area (Å²) in [5.41, 5.74) is 1.55. The summed E-state index contributed by atoms with van der Waals surface area (Å²) in [6.07, 6.45) is 0. The molecule has 0 aliphatic rings. The highest BCUT2D eigenvalue weighted by Gasteiger charge is 2.16. The molecule has 0 saturated carbocycles. The summed E-state index contributed by atoms with van der Waals surface area (Å²) < 4.78 is 31.9. The van der Waals surface area contributed by atoms with Gasteiger partial charge in [0.15, 0.2) is 5.82 Å². The van der Waals surface area contributed by atoms with E-state index < -0.39 is 21.7 Å². The molecule has 4 aromatic rings. The van der Waals surface area contributed by atoms with E-state index in [0.717, 1.165) is 11.3 Å². The van der Waals surface area contributed by atoms with Crippen LogP contribution in [-0.2, 0) is 10.0 Å². The Labute approximate surface area is 174 Å². The number of carbonyl (C=O) groups excluding carboxylic acids is 1. The Bertz CT molecular complexity index is 1360. The van der Waals surface area contributed by atoms with Crippen LogP contribution >= 0.6 is 11.3 Å². The Morgan fingerprint density at radius 2 is 1.83 bits per heavy atom. The molecule has 0 spiro atoms. The maximum atomic E-state index is 12.6. The van der Waals surface area contributed by atoms with Crippen LogP contribution in [0, 0.1) is 0 Å². The molecule has 152 valence electrons. The zero-order valence-electron chi connectivity index (χ0n) is 15.2. The van der Waals surface area contributed by atoms with Crippen molar-refractivity contribution in [3.05, 3.63) is 82.2 Å². The van der Waals surface area contributed by atoms with Crippen LogP contribution in [0.2, 0.25) is 0 Å². The Hall–Kier alpha value is -3.70. The standard InChI is InChI=1S/C19H14N4O5S2/c24-18(20-14-6-1-4-12(10-14)17-21-19(25)28-22-17)13-5-2-7-15(11-13)23-30(26,27)16-8-3-9-29-16/h1-11,23H,(H,20,24)(H,21,22,25). The van der Waals surface area contributed by atoms with Gasteiger partial charge in [0, 0.05) is 22.5 Å². The van der Waals surface area contributed by atoms with Crippen molar-refractivity contribution in [3.8, 4) is 11.4 Å². The van der Waals surface area contributed by atoms with Gasteiger partial charge in [-0.1, -0.05) is 29.4 Å². The molecule has 30 heavy (non-hydrogen) atoms. The van der Waals surface area contributed by atoms with Gasteiger partial charge in [0.05, 0.1) is 0 Å². The highest BCUT2D eigenvalue weighted by Crippen LogP contribution is 2.22. The summed E-state index contributed by atoms with van der Waals surface area (Å²) >= 11 is 1.10. The number of H-pyrrole nitrogens is 1. The number of sulfonamides is 1. The lowest BCUT2D eigenvalue weighted by Crippen LogP contribution is -2.14. The number of rotatable bonds is 6. The number of nitrogens with zero attached hydrogens (tertiary/aromatic N) is 1. The van der Waals surface area contributed by atoms with Gasteiger partial charge in [-0.25, -0.2) is 13.2 Å². The predicted octanol–water partition coefficient (Wildman–Crippen LogP) is 3.14. The van der Waals surface area contributed by atoms with E-state index in [2.05, 4.69) is 24.7 Å². The number of anilines is 2. The second-order valence-corrected chi connectivity index (χ2v) is 8.95. The van der Waals surface area contributed by atoms with Crippen molar-refractivity contribution in [2.24, 2.45) is 0 Å². The molecule has 0 aliphatic heterocycles. The number of benzene rings is 2. The van der Waals surface area contributed by atoms with Gasteiger partial charge >= 0.3 is 5.76 Å². The summed E-state index contributed by atoms with van der Waals surface area (Å²) in [6.45, 7) is 0. The van der Waals surface area contributed by atoms with Crippen molar-refractivity contribution < 1.29 is 17.7 Å². The molecule has 1 amide bonds. The van der Waals surface area contributed by atoms with E-state index in [1.54, 1.807) is 53.9 Å². The van der Waals surface area contributed by atoms with Gasteiger partial charge < -0.3 is 5.32 Å². The van der Waals surface area contributed by atoms with Crippen molar-refractivity contribution >= 4 is 38.6 Å². The molecule has 0 aliphatic carbocycles. The van der Waals surface area contributed by atoms with Crippen LogP contribution in [0.4, 0.5) is 11.4 Å². The highest BCUT2D eigenvalue weighted by atomic mass is 32.2. The maximum Gasteiger partial charge on any atom is 0.439 e. The van der Waals surface area contributed by atoms with Gasteiger partial charge in [-0.05, 0) is 41.8 Å². The topological polar surface area (TPSA) is 134 Å². The number of carbonyl (C=O) groups is 1. The van der Waals surface area contributed by atoms with Gasteiger partial charge in [0.1, 0.15) is 4.21 Å². The van der Waals surface area contributed by atoms with Crippen molar-refractivity contribution in [2.45, 2.75) is 4.21 Å². The van der Waals surface area contributed by atoms with E-state index in [4.69, 9.17) is 0 Å². The second kappa shape index (κ2) is 7.97. The molecule has 0 fully saturated rings. The van der Waals surface area contributed by atoms with Crippen LogP contribution in [-0.4, -0.2) is 24.5 Å². The average molecular weight is 442 g/mol. The lowest BCUT2D eigenvalue weighted by atomic mass is 10.1. The normalized spacial score (nSPS) is 11.2. The first-order valence-corrected chi connectivity index (χ1v) is 10.9. The van der Waals surface area contributed by atoms with E-state index in [0.29, 0.717) is 11.3 Å². The molecule has 4 rings (SSSR count). The Morgan fingerprint density at radius 3 is 2.57 bits per heavy atom. The number of hydrogen-bond acceptors (Lipinski definition) is 7. The number of hydrogen-bond donors (Lipinski definition) is 3. The molecule has 2 aromatic heterocycles. The zero-order chi connectivity index (χ0) is 21.1. The van der Waals surface area contributed by atoms with E-state index in [1.807, 2.05) is 0 Å². The molecular formula is C19H14N4O5S2. The fraction of sp³-hybridized carbons (Fsp3) is 0. The first-order chi connectivity index (χ1) is 14.4. The van der Waals surface area contributed by atoms with Crippen molar-refractivity contribution in [3.63, 3.8) is 0 Å². The molecule has 3 N–H and O–H groups in total. The number of nitrogens with one attached hydrogen (secondary N) is 3. The van der Waals surface area contributed by atoms with Crippen LogP contribution in [0.3, 0.4) is 0 Å². The molecular weight excluding hydrogens is 428 g/mol. The molecule has 11 heteroatoms. The van der Waals surface area contributed by atoms with Gasteiger partial charge in [-0.15, -0.1) is 11.3 Å². The summed E-state index contributed by atoms with van der Waals surface area (Å²) in [6, 6.07) is 16.0. The maximum absolute atomic E-state index is 12.6. The predicted molar refractivity (Wildman–Crippen MR) is 112 cm³/mol. The highest BCUT2D eigenvalue weighted by molar-refractivity contribution is 7.94. The van der Waals surface area contributed by atoms with Crippen LogP contribution in [0.5, 0.6) is 0 Å². The minimum Gasteiger partial charge on any atom is -0.322 e. The number of aromatic nitrogens is 2. The first-order valence-electron chi connectivity index (χ1n) is 8.55. The van der Waals surface area contributed by atoms with Crippen LogP contribution < -0.4 is 15.8 Å².